The van der Waals surface area contributed by atoms with Crippen molar-refractivity contribution >= 4 is 11.8 Å². The van der Waals surface area contributed by atoms with E-state index in [1.807, 2.05) is 29.8 Å². The summed E-state index contributed by atoms with van der Waals surface area (Å²) in [4.78, 5) is 0. The predicted molar refractivity (Wildman–Crippen MR) is 69.6 cm³/mol. The molecule has 5 nitrogen and oxygen atoms in total. The van der Waals surface area contributed by atoms with Crippen molar-refractivity contribution in [3.63, 3.8) is 0 Å². The second kappa shape index (κ2) is 5.67. The van der Waals surface area contributed by atoms with E-state index in [2.05, 4.69) is 16.3 Å². The number of nitrogens with zero attached hydrogens (tertiary/aromatic N) is 4. The molecule has 0 fully saturated rings. The summed E-state index contributed by atoms with van der Waals surface area (Å²) in [6.45, 7) is 0.383. The molecule has 0 aliphatic carbocycles. The highest BCUT2D eigenvalue weighted by Crippen LogP contribution is 2.21. The first-order valence-electron chi connectivity index (χ1n) is 5.44. The van der Waals surface area contributed by atoms with Crippen molar-refractivity contribution in [2.45, 2.75) is 17.5 Å². The van der Waals surface area contributed by atoms with E-state index >= 15 is 0 Å². The molecule has 1 heterocycles. The van der Waals surface area contributed by atoms with Gasteiger partial charge in [0.1, 0.15) is 5.82 Å². The van der Waals surface area contributed by atoms with Crippen LogP contribution in [0.2, 0.25) is 0 Å². The molecule has 0 radical (unpaired) electrons. The largest absolute Gasteiger partial charge is 0.324 e. The third-order valence-electron chi connectivity index (χ3n) is 2.53. The van der Waals surface area contributed by atoms with Crippen LogP contribution in [0.15, 0.2) is 29.4 Å². The zero-order valence-corrected chi connectivity index (χ0v) is 10.8. The number of aromatic nitrogens is 3. The molecule has 0 amide bonds. The van der Waals surface area contributed by atoms with E-state index in [1.165, 1.54) is 0 Å². The third kappa shape index (κ3) is 2.70. The van der Waals surface area contributed by atoms with E-state index in [9.17, 15) is 0 Å². The van der Waals surface area contributed by atoms with Gasteiger partial charge in [-0.15, -0.1) is 10.2 Å². The van der Waals surface area contributed by atoms with Gasteiger partial charge in [0.2, 0.25) is 0 Å². The lowest BCUT2D eigenvalue weighted by molar-refractivity contribution is 0.734. The van der Waals surface area contributed by atoms with Crippen LogP contribution in [0.5, 0.6) is 0 Å². The summed E-state index contributed by atoms with van der Waals surface area (Å²) in [5, 5.41) is 17.7. The molecule has 2 N–H and O–H groups in total. The molecule has 0 bridgehead atoms. The monoisotopic (exact) mass is 259 g/mol. The summed E-state index contributed by atoms with van der Waals surface area (Å²) in [6, 6.07) is 9.69. The smallest absolute Gasteiger partial charge is 0.191 e. The van der Waals surface area contributed by atoms with Crippen molar-refractivity contribution < 1.29 is 0 Å². The molecule has 1 aromatic heterocycles. The van der Waals surface area contributed by atoms with Gasteiger partial charge in [-0.1, -0.05) is 23.9 Å². The van der Waals surface area contributed by atoms with Crippen LogP contribution in [0.4, 0.5) is 0 Å². The minimum Gasteiger partial charge on any atom is -0.324 e. The van der Waals surface area contributed by atoms with Crippen LogP contribution in [0.25, 0.3) is 0 Å². The highest BCUT2D eigenvalue weighted by atomic mass is 32.2. The van der Waals surface area contributed by atoms with Crippen LogP contribution in [-0.4, -0.2) is 14.8 Å². The van der Waals surface area contributed by atoms with E-state index in [0.717, 1.165) is 22.3 Å². The molecule has 18 heavy (non-hydrogen) atoms. The Labute approximate surface area is 110 Å². The molecule has 0 saturated carbocycles. The average Bonchev–Trinajstić information content (AvgIpc) is 2.77. The second-order valence-corrected chi connectivity index (χ2v) is 4.71. The first-order valence-corrected chi connectivity index (χ1v) is 6.43. The molecule has 1 aromatic carbocycles. The van der Waals surface area contributed by atoms with Gasteiger partial charge in [0.25, 0.3) is 0 Å². The Kier molecular flexibility index (Phi) is 3.97. The van der Waals surface area contributed by atoms with Crippen LogP contribution < -0.4 is 5.73 Å². The standard InChI is InChI=1S/C12H13N5S/c1-17-11(7-14)15-16-12(17)18-8-10-4-2-3-9(5-10)6-13/h2-5H,7-8,14H2,1H3. The molecule has 6 heteroatoms. The van der Waals surface area contributed by atoms with E-state index in [0.29, 0.717) is 12.1 Å². The van der Waals surface area contributed by atoms with Gasteiger partial charge < -0.3 is 10.3 Å². The van der Waals surface area contributed by atoms with Crippen LogP contribution >= 0.6 is 11.8 Å². The fourth-order valence-corrected chi connectivity index (χ4v) is 2.40. The third-order valence-corrected chi connectivity index (χ3v) is 3.62. The van der Waals surface area contributed by atoms with Gasteiger partial charge >= 0.3 is 0 Å². The quantitative estimate of drug-likeness (QED) is 0.840. The minimum atomic E-state index is 0.383. The number of hydrogen-bond donors (Lipinski definition) is 1. The number of rotatable bonds is 4. The van der Waals surface area contributed by atoms with Crippen molar-refractivity contribution in [1.82, 2.24) is 14.8 Å². The van der Waals surface area contributed by atoms with Crippen molar-refractivity contribution in [2.24, 2.45) is 12.8 Å². The van der Waals surface area contributed by atoms with Crippen molar-refractivity contribution in [3.8, 4) is 6.07 Å². The lowest BCUT2D eigenvalue weighted by Gasteiger charge is -2.03. The SMILES string of the molecule is Cn1c(CN)nnc1SCc1cccc(C#N)c1. The molecule has 0 unspecified atom stereocenters. The van der Waals surface area contributed by atoms with Gasteiger partial charge in [-0.2, -0.15) is 5.26 Å². The van der Waals surface area contributed by atoms with Gasteiger partial charge in [0, 0.05) is 12.8 Å². The Balaban J connectivity index is 2.07. The maximum Gasteiger partial charge on any atom is 0.191 e. The van der Waals surface area contributed by atoms with Gasteiger partial charge in [-0.25, -0.2) is 0 Å². The molecule has 0 atom stereocenters. The molecular formula is C12H13N5S. The second-order valence-electron chi connectivity index (χ2n) is 3.76. The summed E-state index contributed by atoms with van der Waals surface area (Å²) in [5.74, 6) is 1.52. The fourth-order valence-electron chi connectivity index (χ4n) is 1.53. The Morgan fingerprint density at radius 3 is 2.94 bits per heavy atom. The Bertz CT molecular complexity index is 584. The highest BCUT2D eigenvalue weighted by Gasteiger charge is 2.07. The molecular weight excluding hydrogens is 246 g/mol. The van der Waals surface area contributed by atoms with Crippen molar-refractivity contribution in [3.05, 3.63) is 41.2 Å². The maximum absolute atomic E-state index is 8.83. The van der Waals surface area contributed by atoms with E-state index in [-0.39, 0.29) is 0 Å². The summed E-state index contributed by atoms with van der Waals surface area (Å²) in [7, 11) is 1.90. The predicted octanol–water partition coefficient (Wildman–Crippen LogP) is 1.44. The van der Waals surface area contributed by atoms with Gasteiger partial charge in [0.05, 0.1) is 18.2 Å². The van der Waals surface area contributed by atoms with Gasteiger partial charge in [0.15, 0.2) is 5.16 Å². The normalized spacial score (nSPS) is 10.3. The lowest BCUT2D eigenvalue weighted by atomic mass is 10.2. The van der Waals surface area contributed by atoms with Crippen LogP contribution in [0.3, 0.4) is 0 Å². The van der Waals surface area contributed by atoms with E-state index < -0.39 is 0 Å². The van der Waals surface area contributed by atoms with E-state index in [4.69, 9.17) is 11.0 Å². The van der Waals surface area contributed by atoms with Crippen LogP contribution in [-0.2, 0) is 19.3 Å². The minimum absolute atomic E-state index is 0.383. The van der Waals surface area contributed by atoms with Gasteiger partial charge in [-0.3, -0.25) is 0 Å². The van der Waals surface area contributed by atoms with Crippen LogP contribution in [0, 0.1) is 11.3 Å². The molecule has 92 valence electrons. The molecule has 2 aromatic rings. The van der Waals surface area contributed by atoms with Crippen molar-refractivity contribution in [2.75, 3.05) is 0 Å². The summed E-state index contributed by atoms with van der Waals surface area (Å²) in [6.07, 6.45) is 0. The molecule has 0 saturated heterocycles. The van der Waals surface area contributed by atoms with E-state index in [1.54, 1.807) is 17.8 Å². The topological polar surface area (TPSA) is 80.5 Å². The summed E-state index contributed by atoms with van der Waals surface area (Å²) in [5.41, 5.74) is 7.31. The number of nitriles is 1. The van der Waals surface area contributed by atoms with Gasteiger partial charge in [-0.05, 0) is 17.7 Å². The highest BCUT2D eigenvalue weighted by molar-refractivity contribution is 7.98. The fraction of sp³-hybridized carbons (Fsp3) is 0.250. The number of hydrogen-bond acceptors (Lipinski definition) is 5. The first-order chi connectivity index (χ1) is 8.74. The summed E-state index contributed by atoms with van der Waals surface area (Å²) >= 11 is 1.58. The average molecular weight is 259 g/mol. The molecule has 0 spiro atoms. The zero-order chi connectivity index (χ0) is 13.0. The lowest BCUT2D eigenvalue weighted by Crippen LogP contribution is -2.05. The maximum atomic E-state index is 8.83. The Morgan fingerprint density at radius 1 is 1.44 bits per heavy atom. The molecule has 0 aliphatic heterocycles. The van der Waals surface area contributed by atoms with Crippen molar-refractivity contribution in [1.29, 1.82) is 5.26 Å². The Morgan fingerprint density at radius 2 is 2.28 bits per heavy atom. The molecule has 0 aliphatic rings. The molecule has 2 rings (SSSR count). The first kappa shape index (κ1) is 12.6. The number of thioether (sulfide) groups is 1. The zero-order valence-electron chi connectivity index (χ0n) is 10.00. The van der Waals surface area contributed by atoms with Crippen LogP contribution in [0.1, 0.15) is 17.0 Å². The Hall–Kier alpha value is -1.84. The summed E-state index contributed by atoms with van der Waals surface area (Å²) < 4.78 is 1.89. The number of nitrogens with two attached hydrogens (primary N) is 1. The number of benzene rings is 1.